The Morgan fingerprint density at radius 1 is 1.03 bits per heavy atom. The van der Waals surface area contributed by atoms with E-state index in [2.05, 4.69) is 34.6 Å². The number of nitrogens with one attached hydrogen (secondary N) is 1. The molecular weight excluding hydrogens is 474 g/mol. The van der Waals surface area contributed by atoms with Crippen LogP contribution in [0.25, 0.3) is 0 Å². The van der Waals surface area contributed by atoms with E-state index in [1.165, 1.54) is 16.9 Å². The van der Waals surface area contributed by atoms with E-state index in [0.717, 1.165) is 55.8 Å². The van der Waals surface area contributed by atoms with Crippen LogP contribution in [0.1, 0.15) is 51.7 Å². The number of hydrogen-bond acceptors (Lipinski definition) is 6. The Balaban J connectivity index is 1.21. The monoisotopic (exact) mass is 505 g/mol. The maximum absolute atomic E-state index is 13.4. The van der Waals surface area contributed by atoms with Gasteiger partial charge in [0.05, 0.1) is 25.8 Å². The molecule has 7 nitrogen and oxygen atoms in total. The Labute approximate surface area is 215 Å². The zero-order valence-corrected chi connectivity index (χ0v) is 21.5. The number of benzene rings is 2. The van der Waals surface area contributed by atoms with Gasteiger partial charge in [0, 0.05) is 29.6 Å². The van der Waals surface area contributed by atoms with Gasteiger partial charge in [-0.05, 0) is 55.7 Å². The Morgan fingerprint density at radius 2 is 1.72 bits per heavy atom. The van der Waals surface area contributed by atoms with Crippen molar-refractivity contribution in [3.05, 3.63) is 70.2 Å². The molecule has 1 N–H and O–H groups in total. The molecule has 188 valence electrons. The van der Waals surface area contributed by atoms with Crippen molar-refractivity contribution in [3.63, 3.8) is 0 Å². The summed E-state index contributed by atoms with van der Waals surface area (Å²) in [5.41, 5.74) is 2.62. The van der Waals surface area contributed by atoms with Crippen molar-refractivity contribution in [1.82, 2.24) is 9.88 Å². The van der Waals surface area contributed by atoms with E-state index in [0.29, 0.717) is 28.1 Å². The van der Waals surface area contributed by atoms with Crippen molar-refractivity contribution < 1.29 is 19.1 Å². The van der Waals surface area contributed by atoms with E-state index in [4.69, 9.17) is 9.47 Å². The zero-order chi connectivity index (χ0) is 25.1. The van der Waals surface area contributed by atoms with Crippen molar-refractivity contribution in [2.75, 3.05) is 32.6 Å². The van der Waals surface area contributed by atoms with Gasteiger partial charge in [-0.1, -0.05) is 30.3 Å². The third kappa shape index (κ3) is 5.23. The zero-order valence-electron chi connectivity index (χ0n) is 20.7. The van der Waals surface area contributed by atoms with Crippen molar-refractivity contribution in [2.45, 2.75) is 38.0 Å². The molecule has 1 atom stereocenters. The molecule has 2 aliphatic rings. The Kier molecular flexibility index (Phi) is 7.23. The molecule has 2 heterocycles. The fourth-order valence-electron chi connectivity index (χ4n) is 5.15. The molecular formula is C28H31N3O4S. The predicted octanol–water partition coefficient (Wildman–Crippen LogP) is 4.92. The smallest absolute Gasteiger partial charge is 0.257 e. The molecule has 5 rings (SSSR count). The van der Waals surface area contributed by atoms with Crippen molar-refractivity contribution in [2.24, 2.45) is 5.92 Å². The quantitative estimate of drug-likeness (QED) is 0.493. The fraction of sp³-hybridized carbons (Fsp3) is 0.393. The van der Waals surface area contributed by atoms with E-state index in [-0.39, 0.29) is 17.7 Å². The molecule has 36 heavy (non-hydrogen) atoms. The number of thiazole rings is 1. The number of carbonyl (C=O) groups is 2. The van der Waals surface area contributed by atoms with Crippen LogP contribution in [-0.2, 0) is 17.6 Å². The molecule has 2 aromatic carbocycles. The number of carbonyl (C=O) groups excluding carboxylic acids is 2. The highest BCUT2D eigenvalue weighted by Gasteiger charge is 2.36. The summed E-state index contributed by atoms with van der Waals surface area (Å²) in [4.78, 5) is 34.1. The molecule has 3 aromatic rings. The average molecular weight is 506 g/mol. The second-order valence-electron chi connectivity index (χ2n) is 9.43. The van der Waals surface area contributed by atoms with Gasteiger partial charge in [0.2, 0.25) is 5.91 Å². The van der Waals surface area contributed by atoms with Gasteiger partial charge in [-0.3, -0.25) is 14.9 Å². The van der Waals surface area contributed by atoms with E-state index in [1.807, 2.05) is 11.0 Å². The van der Waals surface area contributed by atoms with Crippen LogP contribution in [0.2, 0.25) is 0 Å². The summed E-state index contributed by atoms with van der Waals surface area (Å²) in [5, 5.41) is 3.41. The normalized spacial score (nSPS) is 17.5. The first-order valence-corrected chi connectivity index (χ1v) is 13.2. The second kappa shape index (κ2) is 10.7. The van der Waals surface area contributed by atoms with Crippen molar-refractivity contribution >= 4 is 28.3 Å². The highest BCUT2D eigenvalue weighted by molar-refractivity contribution is 7.16. The van der Waals surface area contributed by atoms with Crippen LogP contribution in [0.3, 0.4) is 0 Å². The van der Waals surface area contributed by atoms with Crippen LogP contribution in [0.4, 0.5) is 5.13 Å². The van der Waals surface area contributed by atoms with Crippen LogP contribution < -0.4 is 14.8 Å². The van der Waals surface area contributed by atoms with E-state index < -0.39 is 0 Å². The summed E-state index contributed by atoms with van der Waals surface area (Å²) in [6, 6.07) is 15.6. The first kappa shape index (κ1) is 24.3. The second-order valence-corrected chi connectivity index (χ2v) is 10.5. The van der Waals surface area contributed by atoms with Gasteiger partial charge in [-0.15, -0.1) is 11.3 Å². The Bertz CT molecular complexity index is 1210. The van der Waals surface area contributed by atoms with Gasteiger partial charge in [0.15, 0.2) is 5.13 Å². The molecule has 1 unspecified atom stereocenters. The van der Waals surface area contributed by atoms with Gasteiger partial charge in [0.1, 0.15) is 11.5 Å². The molecule has 1 saturated heterocycles. The van der Waals surface area contributed by atoms with E-state index >= 15 is 0 Å². The highest BCUT2D eigenvalue weighted by atomic mass is 32.1. The lowest BCUT2D eigenvalue weighted by atomic mass is 9.89. The topological polar surface area (TPSA) is 80.8 Å². The Morgan fingerprint density at radius 3 is 2.39 bits per heavy atom. The maximum Gasteiger partial charge on any atom is 0.257 e. The van der Waals surface area contributed by atoms with Crippen molar-refractivity contribution in [1.29, 1.82) is 0 Å². The van der Waals surface area contributed by atoms with Crippen LogP contribution in [-0.4, -0.2) is 49.0 Å². The van der Waals surface area contributed by atoms with Gasteiger partial charge in [-0.2, -0.15) is 0 Å². The lowest BCUT2D eigenvalue weighted by molar-refractivity contribution is -0.134. The molecule has 0 saturated carbocycles. The molecule has 1 aromatic heterocycles. The summed E-state index contributed by atoms with van der Waals surface area (Å²) in [7, 11) is 3.09. The van der Waals surface area contributed by atoms with Gasteiger partial charge in [-0.25, -0.2) is 4.98 Å². The number of aryl methyl sites for hydroxylation is 1. The van der Waals surface area contributed by atoms with Gasteiger partial charge < -0.3 is 14.4 Å². The molecule has 0 spiro atoms. The number of nitrogens with zero attached hydrogens (tertiary/aromatic N) is 2. The lowest BCUT2D eigenvalue weighted by Gasteiger charge is -2.33. The van der Waals surface area contributed by atoms with Crippen LogP contribution in [0.15, 0.2) is 48.5 Å². The number of methoxy groups -OCH3 is 2. The number of piperidine rings is 1. The molecule has 1 aliphatic carbocycles. The molecule has 1 aliphatic heterocycles. The fourth-order valence-corrected chi connectivity index (χ4v) is 6.19. The standard InChI is InChI=1S/C28H31N3O4S/c1-34-21-15-20(16-22(17-21)35-2)26(32)30-28-29-25-23(8-9-24(25)36-28)27(33)31-12-10-19(11-13-31)14-18-6-4-3-5-7-18/h3-7,15-17,19,23H,8-14H2,1-2H3,(H,29,30,32). The SMILES string of the molecule is COc1cc(OC)cc(C(=O)Nc2nc3c(s2)CCC3C(=O)N2CCC(Cc3ccccc3)CC2)c1. The summed E-state index contributed by atoms with van der Waals surface area (Å²) in [5.74, 6) is 1.37. The molecule has 2 amide bonds. The summed E-state index contributed by atoms with van der Waals surface area (Å²) < 4.78 is 10.5. The number of aromatic nitrogens is 1. The molecule has 0 radical (unpaired) electrons. The molecule has 8 heteroatoms. The highest BCUT2D eigenvalue weighted by Crippen LogP contribution is 2.40. The van der Waals surface area contributed by atoms with Crippen LogP contribution >= 0.6 is 11.3 Å². The number of anilines is 1. The number of ether oxygens (including phenoxy) is 2. The number of fused-ring (bicyclic) bond motifs is 1. The number of hydrogen-bond donors (Lipinski definition) is 1. The third-order valence-corrected chi connectivity index (χ3v) is 8.19. The maximum atomic E-state index is 13.4. The summed E-state index contributed by atoms with van der Waals surface area (Å²) >= 11 is 1.46. The van der Waals surface area contributed by atoms with E-state index in [9.17, 15) is 9.59 Å². The van der Waals surface area contributed by atoms with E-state index in [1.54, 1.807) is 32.4 Å². The summed E-state index contributed by atoms with van der Waals surface area (Å²) in [6.45, 7) is 1.60. The first-order valence-electron chi connectivity index (χ1n) is 12.4. The molecule has 1 fully saturated rings. The van der Waals surface area contributed by atoms with Crippen LogP contribution in [0.5, 0.6) is 11.5 Å². The van der Waals surface area contributed by atoms with Crippen LogP contribution in [0, 0.1) is 5.92 Å². The van der Waals surface area contributed by atoms with Gasteiger partial charge >= 0.3 is 0 Å². The minimum atomic E-state index is -0.289. The number of rotatable bonds is 7. The lowest BCUT2D eigenvalue weighted by Crippen LogP contribution is -2.41. The third-order valence-electron chi connectivity index (χ3n) is 7.14. The average Bonchev–Trinajstić information content (AvgIpc) is 3.49. The first-order chi connectivity index (χ1) is 17.5. The number of likely N-dealkylation sites (tertiary alicyclic amines) is 1. The van der Waals surface area contributed by atoms with Gasteiger partial charge in [0.25, 0.3) is 5.91 Å². The van der Waals surface area contributed by atoms with Crippen molar-refractivity contribution in [3.8, 4) is 11.5 Å². The number of amides is 2. The largest absolute Gasteiger partial charge is 0.497 e. The minimum Gasteiger partial charge on any atom is -0.497 e. The predicted molar refractivity (Wildman–Crippen MR) is 140 cm³/mol. The Hall–Kier alpha value is -3.39. The molecule has 0 bridgehead atoms. The summed E-state index contributed by atoms with van der Waals surface area (Å²) in [6.07, 6.45) is 4.74. The minimum absolute atomic E-state index is 0.174.